The first-order valence-electron chi connectivity index (χ1n) is 6.90. The second-order valence-corrected chi connectivity index (χ2v) is 5.18. The van der Waals surface area contributed by atoms with Gasteiger partial charge in [-0.3, -0.25) is 0 Å². The third kappa shape index (κ3) is 2.33. The molecule has 0 aliphatic carbocycles. The van der Waals surface area contributed by atoms with Crippen molar-refractivity contribution in [2.45, 2.75) is 18.9 Å². The molecule has 1 aliphatic rings. The fourth-order valence-electron chi connectivity index (χ4n) is 2.89. The highest BCUT2D eigenvalue weighted by Gasteiger charge is 2.26. The second-order valence-electron chi connectivity index (χ2n) is 5.18. The minimum Gasteiger partial charge on any atom is -0.399 e. The van der Waals surface area contributed by atoms with Crippen LogP contribution in [0.15, 0.2) is 48.5 Å². The summed E-state index contributed by atoms with van der Waals surface area (Å²) in [6, 6.07) is 18.6. The van der Waals surface area contributed by atoms with Crippen molar-refractivity contribution in [2.75, 3.05) is 17.2 Å². The standard InChI is InChI=1S/C17H17N3/c18-12-13-3-1-4-16(11-13)20-10-2-5-17(20)14-6-8-15(19)9-7-14/h1,3-4,6-9,11,17H,2,5,10,19H2. The summed E-state index contributed by atoms with van der Waals surface area (Å²) in [4.78, 5) is 2.38. The summed E-state index contributed by atoms with van der Waals surface area (Å²) in [6.45, 7) is 1.03. The van der Waals surface area contributed by atoms with Crippen molar-refractivity contribution in [1.82, 2.24) is 0 Å². The fraction of sp³-hybridized carbons (Fsp3) is 0.235. The lowest BCUT2D eigenvalue weighted by atomic mass is 10.0. The van der Waals surface area contributed by atoms with Gasteiger partial charge in [0.05, 0.1) is 17.7 Å². The lowest BCUT2D eigenvalue weighted by Crippen LogP contribution is -2.22. The molecule has 1 saturated heterocycles. The highest BCUT2D eigenvalue weighted by atomic mass is 15.2. The highest BCUT2D eigenvalue weighted by Crippen LogP contribution is 2.36. The van der Waals surface area contributed by atoms with Crippen molar-refractivity contribution >= 4 is 11.4 Å². The Morgan fingerprint density at radius 2 is 1.95 bits per heavy atom. The van der Waals surface area contributed by atoms with E-state index in [4.69, 9.17) is 11.0 Å². The number of nitrogens with zero attached hydrogens (tertiary/aromatic N) is 2. The second kappa shape index (κ2) is 5.26. The molecule has 2 aromatic carbocycles. The lowest BCUT2D eigenvalue weighted by molar-refractivity contribution is 0.719. The van der Waals surface area contributed by atoms with Crippen LogP contribution in [-0.2, 0) is 0 Å². The molecule has 0 radical (unpaired) electrons. The van der Waals surface area contributed by atoms with Crippen LogP contribution in [0, 0.1) is 11.3 Å². The Hall–Kier alpha value is -2.47. The third-order valence-electron chi connectivity index (χ3n) is 3.88. The Labute approximate surface area is 119 Å². The van der Waals surface area contributed by atoms with E-state index in [0.717, 1.165) is 24.3 Å². The van der Waals surface area contributed by atoms with Crippen LogP contribution in [0.2, 0.25) is 0 Å². The number of hydrogen-bond donors (Lipinski definition) is 1. The summed E-state index contributed by atoms with van der Waals surface area (Å²) in [5.41, 5.74) is 9.69. The van der Waals surface area contributed by atoms with Crippen LogP contribution in [0.5, 0.6) is 0 Å². The molecule has 2 N–H and O–H groups in total. The zero-order valence-corrected chi connectivity index (χ0v) is 11.3. The monoisotopic (exact) mass is 263 g/mol. The summed E-state index contributed by atoms with van der Waals surface area (Å²) in [7, 11) is 0. The Balaban J connectivity index is 1.92. The van der Waals surface area contributed by atoms with Crippen molar-refractivity contribution in [2.24, 2.45) is 0 Å². The number of nitrogen functional groups attached to an aromatic ring is 1. The molecule has 0 bridgehead atoms. The number of benzene rings is 2. The van der Waals surface area contributed by atoms with E-state index in [2.05, 4.69) is 29.2 Å². The molecule has 0 aromatic heterocycles. The summed E-state index contributed by atoms with van der Waals surface area (Å²) >= 11 is 0. The van der Waals surface area contributed by atoms with Crippen molar-refractivity contribution in [3.63, 3.8) is 0 Å². The molecule has 3 rings (SSSR count). The molecule has 1 atom stereocenters. The topological polar surface area (TPSA) is 53.0 Å². The van der Waals surface area contributed by atoms with Gasteiger partial charge < -0.3 is 10.6 Å². The predicted molar refractivity (Wildman–Crippen MR) is 81.3 cm³/mol. The summed E-state index contributed by atoms with van der Waals surface area (Å²) in [6.07, 6.45) is 2.31. The number of nitriles is 1. The van der Waals surface area contributed by atoms with Crippen LogP contribution in [0.4, 0.5) is 11.4 Å². The molecule has 3 nitrogen and oxygen atoms in total. The Kier molecular flexibility index (Phi) is 3.30. The Morgan fingerprint density at radius 1 is 1.15 bits per heavy atom. The summed E-state index contributed by atoms with van der Waals surface area (Å²) in [5, 5.41) is 9.04. The highest BCUT2D eigenvalue weighted by molar-refractivity contribution is 5.54. The summed E-state index contributed by atoms with van der Waals surface area (Å²) < 4.78 is 0. The first-order chi connectivity index (χ1) is 9.78. The van der Waals surface area contributed by atoms with Gasteiger partial charge in [-0.05, 0) is 48.7 Å². The smallest absolute Gasteiger partial charge is 0.0992 e. The van der Waals surface area contributed by atoms with Gasteiger partial charge >= 0.3 is 0 Å². The first-order valence-corrected chi connectivity index (χ1v) is 6.90. The number of nitrogens with two attached hydrogens (primary N) is 1. The fourth-order valence-corrected chi connectivity index (χ4v) is 2.89. The molecule has 100 valence electrons. The van der Waals surface area contributed by atoms with Crippen molar-refractivity contribution in [1.29, 1.82) is 5.26 Å². The van der Waals surface area contributed by atoms with Crippen molar-refractivity contribution in [3.8, 4) is 6.07 Å². The molecule has 1 heterocycles. The molecule has 0 saturated carbocycles. The van der Waals surface area contributed by atoms with E-state index >= 15 is 0 Å². The number of anilines is 2. The molecule has 2 aromatic rings. The number of rotatable bonds is 2. The molecule has 20 heavy (non-hydrogen) atoms. The maximum absolute atomic E-state index is 9.04. The average molecular weight is 263 g/mol. The molecule has 1 unspecified atom stereocenters. The van der Waals surface area contributed by atoms with E-state index in [-0.39, 0.29) is 0 Å². The minimum absolute atomic E-state index is 0.379. The lowest BCUT2D eigenvalue weighted by Gasteiger charge is -2.27. The Morgan fingerprint density at radius 3 is 2.70 bits per heavy atom. The van der Waals surface area contributed by atoms with Crippen LogP contribution < -0.4 is 10.6 Å². The quantitative estimate of drug-likeness (QED) is 0.844. The van der Waals surface area contributed by atoms with E-state index in [9.17, 15) is 0 Å². The van der Waals surface area contributed by atoms with Crippen molar-refractivity contribution in [3.05, 3.63) is 59.7 Å². The third-order valence-corrected chi connectivity index (χ3v) is 3.88. The maximum Gasteiger partial charge on any atom is 0.0992 e. The molecule has 0 spiro atoms. The summed E-state index contributed by atoms with van der Waals surface area (Å²) in [5.74, 6) is 0. The number of hydrogen-bond acceptors (Lipinski definition) is 3. The van der Waals surface area contributed by atoms with Gasteiger partial charge in [0.15, 0.2) is 0 Å². The molecule has 0 amide bonds. The van der Waals surface area contributed by atoms with Gasteiger partial charge in [0.2, 0.25) is 0 Å². The Bertz CT molecular complexity index is 640. The predicted octanol–water partition coefficient (Wildman–Crippen LogP) is 3.48. The van der Waals surface area contributed by atoms with E-state index in [1.807, 2.05) is 30.3 Å². The van der Waals surface area contributed by atoms with E-state index in [1.165, 1.54) is 12.0 Å². The van der Waals surface area contributed by atoms with Gasteiger partial charge in [0, 0.05) is 17.9 Å². The van der Waals surface area contributed by atoms with E-state index in [1.54, 1.807) is 0 Å². The zero-order valence-electron chi connectivity index (χ0n) is 11.3. The molecule has 3 heteroatoms. The normalized spacial score (nSPS) is 17.9. The van der Waals surface area contributed by atoms with Crippen LogP contribution in [0.25, 0.3) is 0 Å². The minimum atomic E-state index is 0.379. The van der Waals surface area contributed by atoms with Gasteiger partial charge in [0.25, 0.3) is 0 Å². The van der Waals surface area contributed by atoms with E-state index in [0.29, 0.717) is 11.6 Å². The SMILES string of the molecule is N#Cc1cccc(N2CCCC2c2ccc(N)cc2)c1. The van der Waals surface area contributed by atoms with Crippen LogP contribution in [0.3, 0.4) is 0 Å². The first kappa shape index (κ1) is 12.6. The van der Waals surface area contributed by atoms with Crippen LogP contribution in [-0.4, -0.2) is 6.54 Å². The molecular weight excluding hydrogens is 246 g/mol. The van der Waals surface area contributed by atoms with Gasteiger partial charge in [-0.15, -0.1) is 0 Å². The van der Waals surface area contributed by atoms with Gasteiger partial charge in [-0.2, -0.15) is 5.26 Å². The van der Waals surface area contributed by atoms with E-state index < -0.39 is 0 Å². The van der Waals surface area contributed by atoms with Crippen LogP contribution >= 0.6 is 0 Å². The molecule has 1 fully saturated rings. The van der Waals surface area contributed by atoms with Crippen molar-refractivity contribution < 1.29 is 0 Å². The largest absolute Gasteiger partial charge is 0.399 e. The maximum atomic E-state index is 9.04. The zero-order chi connectivity index (χ0) is 13.9. The van der Waals surface area contributed by atoms with Crippen LogP contribution in [0.1, 0.15) is 30.0 Å². The van der Waals surface area contributed by atoms with Gasteiger partial charge in [-0.25, -0.2) is 0 Å². The molecule has 1 aliphatic heterocycles. The molecular formula is C17H17N3. The van der Waals surface area contributed by atoms with Gasteiger partial charge in [0.1, 0.15) is 0 Å². The average Bonchev–Trinajstić information content (AvgIpc) is 2.97. The van der Waals surface area contributed by atoms with Gasteiger partial charge in [-0.1, -0.05) is 18.2 Å².